The summed E-state index contributed by atoms with van der Waals surface area (Å²) in [4.78, 5) is 10.9. The molecule has 0 amide bonds. The smallest absolute Gasteiger partial charge is 0.334 e. The Hall–Kier alpha value is -0.393. The lowest BCUT2D eigenvalue weighted by Gasteiger charge is -2.25. The average molecular weight is 305 g/mol. The molecule has 0 fully saturated rings. The molecule has 0 aliphatic carbocycles. The fourth-order valence-corrected chi connectivity index (χ4v) is 4.65. The van der Waals surface area contributed by atoms with Gasteiger partial charge in [-0.3, -0.25) is 4.79 Å². The van der Waals surface area contributed by atoms with Crippen LogP contribution < -0.4 is 0 Å². The maximum atomic E-state index is 10.9. The molecular weight excluding hydrogens is 272 g/mol. The topological polar surface area (TPSA) is 44.8 Å². The first-order chi connectivity index (χ1) is 9.58. The number of esters is 1. The van der Waals surface area contributed by atoms with Gasteiger partial charge in [0.1, 0.15) is 0 Å². The van der Waals surface area contributed by atoms with Gasteiger partial charge < -0.3 is 13.6 Å². The van der Waals surface area contributed by atoms with Crippen LogP contribution >= 0.6 is 0 Å². The summed E-state index contributed by atoms with van der Waals surface area (Å²) in [7, 11) is -1.91. The molecule has 120 valence electrons. The first-order valence-corrected chi connectivity index (χ1v) is 10.5. The molecule has 0 radical (unpaired) electrons. The van der Waals surface area contributed by atoms with Crippen molar-refractivity contribution in [3.8, 4) is 0 Å². The molecular formula is C15H32O4Si. The van der Waals surface area contributed by atoms with Crippen molar-refractivity contribution < 1.29 is 18.4 Å². The summed E-state index contributed by atoms with van der Waals surface area (Å²) < 4.78 is 16.7. The lowest BCUT2D eigenvalue weighted by Crippen LogP contribution is -2.38. The van der Waals surface area contributed by atoms with E-state index in [0.29, 0.717) is 13.0 Å². The van der Waals surface area contributed by atoms with Crippen molar-refractivity contribution in [2.75, 3.05) is 19.8 Å². The lowest BCUT2D eigenvalue weighted by molar-refractivity contribution is -0.143. The van der Waals surface area contributed by atoms with E-state index in [1.165, 1.54) is 12.8 Å². The summed E-state index contributed by atoms with van der Waals surface area (Å²) in [6, 6.07) is 1.07. The molecule has 0 bridgehead atoms. The largest absolute Gasteiger partial charge is 0.466 e. The molecule has 0 unspecified atom stereocenters. The van der Waals surface area contributed by atoms with Gasteiger partial charge >= 0.3 is 14.5 Å². The Kier molecular flexibility index (Phi) is 12.1. The molecule has 20 heavy (non-hydrogen) atoms. The maximum Gasteiger partial charge on any atom is 0.334 e. The molecule has 0 aromatic rings. The van der Waals surface area contributed by atoms with Crippen molar-refractivity contribution in [3.05, 3.63) is 0 Å². The zero-order valence-corrected chi connectivity index (χ0v) is 14.7. The standard InChI is InChI=1S/C15H32O4Si/c1-5-15(16)17-13-11-9-8-10-12-14-20(4,18-6-2)19-7-3/h5-14H2,1-4H3. The minimum Gasteiger partial charge on any atom is -0.466 e. The summed E-state index contributed by atoms with van der Waals surface area (Å²) in [6.07, 6.45) is 6.11. The average Bonchev–Trinajstić information content (AvgIpc) is 2.42. The fourth-order valence-electron chi connectivity index (χ4n) is 2.16. The van der Waals surface area contributed by atoms with E-state index in [0.717, 1.165) is 38.5 Å². The molecule has 0 N–H and O–H groups in total. The minimum atomic E-state index is -1.91. The molecule has 5 heteroatoms. The summed E-state index contributed by atoms with van der Waals surface area (Å²) >= 11 is 0. The van der Waals surface area contributed by atoms with Crippen LogP contribution in [0.1, 0.15) is 59.3 Å². The summed E-state index contributed by atoms with van der Waals surface area (Å²) in [6.45, 7) is 10.1. The van der Waals surface area contributed by atoms with Crippen LogP contribution in [0.3, 0.4) is 0 Å². The molecule has 0 aliphatic heterocycles. The number of carbonyl (C=O) groups excluding carboxylic acids is 1. The number of rotatable bonds is 13. The van der Waals surface area contributed by atoms with Gasteiger partial charge in [-0.1, -0.05) is 32.6 Å². The minimum absolute atomic E-state index is 0.0970. The monoisotopic (exact) mass is 304 g/mol. The van der Waals surface area contributed by atoms with Crippen LogP contribution in [0.2, 0.25) is 12.6 Å². The predicted octanol–water partition coefficient (Wildman–Crippen LogP) is 4.04. The Morgan fingerprint density at radius 3 is 2.00 bits per heavy atom. The van der Waals surface area contributed by atoms with Gasteiger partial charge in [0.2, 0.25) is 0 Å². The van der Waals surface area contributed by atoms with Gasteiger partial charge in [0, 0.05) is 19.6 Å². The Balaban J connectivity index is 3.52. The van der Waals surface area contributed by atoms with Crippen LogP contribution in [0.5, 0.6) is 0 Å². The third-order valence-corrected chi connectivity index (χ3v) is 6.29. The van der Waals surface area contributed by atoms with Gasteiger partial charge in [-0.25, -0.2) is 0 Å². The normalized spacial score (nSPS) is 11.6. The Labute approximate surface area is 125 Å². The molecule has 0 heterocycles. The van der Waals surface area contributed by atoms with Crippen LogP contribution in [0.15, 0.2) is 0 Å². The van der Waals surface area contributed by atoms with E-state index in [1.54, 1.807) is 0 Å². The van der Waals surface area contributed by atoms with Crippen LogP contribution in [0.25, 0.3) is 0 Å². The molecule has 0 saturated heterocycles. The Morgan fingerprint density at radius 1 is 0.900 bits per heavy atom. The van der Waals surface area contributed by atoms with Crippen molar-refractivity contribution in [2.24, 2.45) is 0 Å². The highest BCUT2D eigenvalue weighted by atomic mass is 28.4. The van der Waals surface area contributed by atoms with E-state index in [-0.39, 0.29) is 5.97 Å². The third-order valence-electron chi connectivity index (χ3n) is 3.23. The zero-order valence-electron chi connectivity index (χ0n) is 13.7. The molecule has 0 aromatic carbocycles. The second kappa shape index (κ2) is 12.4. The van der Waals surface area contributed by atoms with Gasteiger partial charge in [0.15, 0.2) is 0 Å². The van der Waals surface area contributed by atoms with Crippen molar-refractivity contribution >= 4 is 14.5 Å². The number of hydrogen-bond acceptors (Lipinski definition) is 4. The summed E-state index contributed by atoms with van der Waals surface area (Å²) in [5.41, 5.74) is 0. The van der Waals surface area contributed by atoms with Gasteiger partial charge in [-0.2, -0.15) is 0 Å². The van der Waals surface area contributed by atoms with Crippen LogP contribution in [-0.4, -0.2) is 34.4 Å². The maximum absolute atomic E-state index is 10.9. The first kappa shape index (κ1) is 19.6. The quantitative estimate of drug-likeness (QED) is 0.293. The van der Waals surface area contributed by atoms with Crippen LogP contribution in [0.4, 0.5) is 0 Å². The van der Waals surface area contributed by atoms with Gasteiger partial charge in [0.25, 0.3) is 0 Å². The number of ether oxygens (including phenoxy) is 1. The van der Waals surface area contributed by atoms with Crippen molar-refractivity contribution in [2.45, 2.75) is 71.9 Å². The number of unbranched alkanes of at least 4 members (excludes halogenated alkanes) is 4. The zero-order chi connectivity index (χ0) is 15.3. The molecule has 0 aromatic heterocycles. The highest BCUT2D eigenvalue weighted by Crippen LogP contribution is 2.18. The van der Waals surface area contributed by atoms with E-state index < -0.39 is 8.56 Å². The van der Waals surface area contributed by atoms with Gasteiger partial charge in [-0.05, 0) is 32.9 Å². The van der Waals surface area contributed by atoms with Crippen LogP contribution in [-0.2, 0) is 18.4 Å². The molecule has 0 spiro atoms. The second-order valence-corrected chi connectivity index (χ2v) is 8.44. The van der Waals surface area contributed by atoms with Crippen LogP contribution in [0, 0.1) is 0 Å². The molecule has 0 atom stereocenters. The Morgan fingerprint density at radius 2 is 1.45 bits per heavy atom. The van der Waals surface area contributed by atoms with Gasteiger partial charge in [0.05, 0.1) is 6.61 Å². The predicted molar refractivity (Wildman–Crippen MR) is 84.0 cm³/mol. The van der Waals surface area contributed by atoms with E-state index in [9.17, 15) is 4.79 Å². The fraction of sp³-hybridized carbons (Fsp3) is 0.933. The molecule has 4 nitrogen and oxygen atoms in total. The van der Waals surface area contributed by atoms with E-state index in [4.69, 9.17) is 13.6 Å². The van der Waals surface area contributed by atoms with Crippen molar-refractivity contribution in [1.29, 1.82) is 0 Å². The summed E-state index contributed by atoms with van der Waals surface area (Å²) in [5, 5.41) is 0. The van der Waals surface area contributed by atoms with Gasteiger partial charge in [-0.15, -0.1) is 0 Å². The van der Waals surface area contributed by atoms with E-state index in [2.05, 4.69) is 6.55 Å². The lowest BCUT2D eigenvalue weighted by atomic mass is 10.2. The highest BCUT2D eigenvalue weighted by molar-refractivity contribution is 6.66. The van der Waals surface area contributed by atoms with Crippen molar-refractivity contribution in [3.63, 3.8) is 0 Å². The molecule has 0 rings (SSSR count). The second-order valence-electron chi connectivity index (χ2n) is 5.09. The first-order valence-electron chi connectivity index (χ1n) is 8.01. The third kappa shape index (κ3) is 10.4. The highest BCUT2D eigenvalue weighted by Gasteiger charge is 2.29. The van der Waals surface area contributed by atoms with E-state index >= 15 is 0 Å². The molecule has 0 aliphatic rings. The summed E-state index contributed by atoms with van der Waals surface area (Å²) in [5.74, 6) is -0.0970. The van der Waals surface area contributed by atoms with E-state index in [1.807, 2.05) is 20.8 Å². The number of carbonyl (C=O) groups is 1. The SMILES string of the molecule is CCO[Si](C)(CCCCCCCOC(=O)CC)OCC. The Bertz CT molecular complexity index is 240. The number of hydrogen-bond donors (Lipinski definition) is 0. The molecule has 0 saturated carbocycles. The van der Waals surface area contributed by atoms with Crippen molar-refractivity contribution in [1.82, 2.24) is 0 Å².